The van der Waals surface area contributed by atoms with Crippen LogP contribution in [-0.2, 0) is 12.8 Å². The van der Waals surface area contributed by atoms with E-state index >= 15 is 0 Å². The summed E-state index contributed by atoms with van der Waals surface area (Å²) in [5.74, 6) is -0.166. The zero-order valence-corrected chi connectivity index (χ0v) is 13.8. The fraction of sp³-hybridized carbons (Fsp3) is 0.235. The fourth-order valence-corrected chi connectivity index (χ4v) is 3.32. The van der Waals surface area contributed by atoms with Crippen molar-refractivity contribution in [2.24, 2.45) is 0 Å². The highest BCUT2D eigenvalue weighted by molar-refractivity contribution is 9.10. The molecule has 2 nitrogen and oxygen atoms in total. The van der Waals surface area contributed by atoms with E-state index in [1.165, 1.54) is 24.0 Å². The number of nitrogens with one attached hydrogen (secondary N) is 1. The fourth-order valence-electron chi connectivity index (χ4n) is 2.76. The van der Waals surface area contributed by atoms with Crippen molar-refractivity contribution in [3.63, 3.8) is 0 Å². The Bertz CT molecular complexity index is 699. The molecule has 0 spiro atoms. The highest BCUT2D eigenvalue weighted by atomic mass is 79.9. The second kappa shape index (κ2) is 6.20. The summed E-state index contributed by atoms with van der Waals surface area (Å²) in [5, 5.41) is 3.47. The van der Waals surface area contributed by atoms with Crippen LogP contribution in [0.25, 0.3) is 0 Å². The molecule has 2 aromatic carbocycles. The van der Waals surface area contributed by atoms with E-state index in [0.717, 1.165) is 23.0 Å². The first-order valence-corrected chi connectivity index (χ1v) is 8.19. The molecule has 2 aromatic rings. The van der Waals surface area contributed by atoms with Gasteiger partial charge in [-0.05, 0) is 61.1 Å². The molecule has 108 valence electrons. The Kier molecular flexibility index (Phi) is 4.32. The number of amides is 1. The molecule has 0 fully saturated rings. The van der Waals surface area contributed by atoms with Crippen LogP contribution in [0, 0.1) is 0 Å². The van der Waals surface area contributed by atoms with Crippen molar-refractivity contribution in [1.29, 1.82) is 0 Å². The molecule has 0 atom stereocenters. The lowest BCUT2D eigenvalue weighted by Crippen LogP contribution is -2.15. The first-order valence-electron chi connectivity index (χ1n) is 7.02. The molecule has 0 aliphatic heterocycles. The first kappa shape index (κ1) is 14.6. The van der Waals surface area contributed by atoms with Crippen LogP contribution in [0.5, 0.6) is 0 Å². The van der Waals surface area contributed by atoms with Gasteiger partial charge in [0.1, 0.15) is 0 Å². The van der Waals surface area contributed by atoms with Crippen LogP contribution >= 0.6 is 27.5 Å². The highest BCUT2D eigenvalue weighted by Gasteiger charge is 2.16. The molecule has 3 rings (SSSR count). The molecule has 1 amide bonds. The van der Waals surface area contributed by atoms with Crippen LogP contribution in [0.2, 0.25) is 5.02 Å². The Balaban J connectivity index is 1.90. The lowest BCUT2D eigenvalue weighted by Gasteiger charge is -2.19. The number of rotatable bonds is 2. The van der Waals surface area contributed by atoms with Crippen LogP contribution in [0.1, 0.15) is 34.3 Å². The van der Waals surface area contributed by atoms with E-state index in [2.05, 4.69) is 27.3 Å². The Morgan fingerprint density at radius 2 is 1.95 bits per heavy atom. The summed E-state index contributed by atoms with van der Waals surface area (Å²) < 4.78 is 0.840. The van der Waals surface area contributed by atoms with Crippen molar-refractivity contribution in [2.75, 3.05) is 5.32 Å². The Labute approximate surface area is 137 Å². The first-order chi connectivity index (χ1) is 10.1. The van der Waals surface area contributed by atoms with Crippen LogP contribution < -0.4 is 5.32 Å². The van der Waals surface area contributed by atoms with E-state index in [-0.39, 0.29) is 5.91 Å². The molecule has 4 heteroatoms. The van der Waals surface area contributed by atoms with Gasteiger partial charge >= 0.3 is 0 Å². The third-order valence-corrected chi connectivity index (χ3v) is 4.64. The van der Waals surface area contributed by atoms with Gasteiger partial charge in [0, 0.05) is 10.2 Å². The molecule has 0 heterocycles. The maximum atomic E-state index is 12.5. The third kappa shape index (κ3) is 3.14. The maximum absolute atomic E-state index is 12.5. The Hall–Kier alpha value is -1.32. The summed E-state index contributed by atoms with van der Waals surface area (Å²) >= 11 is 9.49. The number of aryl methyl sites for hydroxylation is 1. The number of carbonyl (C=O) groups excluding carboxylic acids is 1. The summed E-state index contributed by atoms with van der Waals surface area (Å²) in [4.78, 5) is 12.5. The molecule has 0 radical (unpaired) electrons. The van der Waals surface area contributed by atoms with E-state index in [0.29, 0.717) is 10.6 Å². The molecule has 0 bridgehead atoms. The average Bonchev–Trinajstić information content (AvgIpc) is 2.50. The second-order valence-electron chi connectivity index (χ2n) is 5.23. The molecule has 0 saturated heterocycles. The SMILES string of the molecule is O=C(Nc1cccc2c1CCCC2)c1cc(Br)ccc1Cl. The molecule has 1 aliphatic carbocycles. The standard InChI is InChI=1S/C17H15BrClNO/c18-12-8-9-15(19)14(10-12)17(21)20-16-7-3-5-11-4-1-2-6-13(11)16/h3,5,7-10H,1-2,4,6H2,(H,20,21). The zero-order chi connectivity index (χ0) is 14.8. The number of fused-ring (bicyclic) bond motifs is 1. The molecule has 1 N–H and O–H groups in total. The Morgan fingerprint density at radius 1 is 1.14 bits per heavy atom. The number of halogens is 2. The van der Waals surface area contributed by atoms with Crippen LogP contribution in [0.3, 0.4) is 0 Å². The van der Waals surface area contributed by atoms with Gasteiger partial charge < -0.3 is 5.32 Å². The van der Waals surface area contributed by atoms with Crippen molar-refractivity contribution in [1.82, 2.24) is 0 Å². The van der Waals surface area contributed by atoms with Crippen molar-refractivity contribution >= 4 is 39.1 Å². The summed E-state index contributed by atoms with van der Waals surface area (Å²) in [6.45, 7) is 0. The molecule has 0 unspecified atom stereocenters. The molecular weight excluding hydrogens is 350 g/mol. The molecular formula is C17H15BrClNO. The van der Waals surface area contributed by atoms with E-state index < -0.39 is 0 Å². The molecule has 0 aromatic heterocycles. The monoisotopic (exact) mass is 363 g/mol. The number of hydrogen-bond donors (Lipinski definition) is 1. The van der Waals surface area contributed by atoms with Crippen LogP contribution in [0.15, 0.2) is 40.9 Å². The van der Waals surface area contributed by atoms with Gasteiger partial charge in [-0.1, -0.05) is 39.7 Å². The molecule has 0 saturated carbocycles. The average molecular weight is 365 g/mol. The van der Waals surface area contributed by atoms with Gasteiger partial charge in [-0.15, -0.1) is 0 Å². The largest absolute Gasteiger partial charge is 0.322 e. The van der Waals surface area contributed by atoms with E-state index in [1.807, 2.05) is 18.2 Å². The summed E-state index contributed by atoms with van der Waals surface area (Å²) in [6, 6.07) is 11.4. The van der Waals surface area contributed by atoms with Crippen LogP contribution in [-0.4, -0.2) is 5.91 Å². The van der Waals surface area contributed by atoms with Crippen molar-refractivity contribution in [3.05, 3.63) is 62.6 Å². The predicted molar refractivity (Wildman–Crippen MR) is 90.2 cm³/mol. The second-order valence-corrected chi connectivity index (χ2v) is 6.55. The lowest BCUT2D eigenvalue weighted by atomic mass is 9.90. The molecule has 1 aliphatic rings. The zero-order valence-electron chi connectivity index (χ0n) is 11.5. The summed E-state index contributed by atoms with van der Waals surface area (Å²) in [6.07, 6.45) is 4.52. The molecule has 21 heavy (non-hydrogen) atoms. The lowest BCUT2D eigenvalue weighted by molar-refractivity contribution is 0.102. The van der Waals surface area contributed by atoms with Crippen molar-refractivity contribution < 1.29 is 4.79 Å². The summed E-state index contributed by atoms with van der Waals surface area (Å²) in [7, 11) is 0. The van der Waals surface area contributed by atoms with Crippen molar-refractivity contribution in [2.45, 2.75) is 25.7 Å². The smallest absolute Gasteiger partial charge is 0.257 e. The topological polar surface area (TPSA) is 29.1 Å². The van der Waals surface area contributed by atoms with Gasteiger partial charge in [0.15, 0.2) is 0 Å². The van der Waals surface area contributed by atoms with E-state index in [1.54, 1.807) is 12.1 Å². The quantitative estimate of drug-likeness (QED) is 0.776. The highest BCUT2D eigenvalue weighted by Crippen LogP contribution is 2.29. The summed E-state index contributed by atoms with van der Waals surface area (Å²) in [5.41, 5.74) is 4.01. The minimum Gasteiger partial charge on any atom is -0.322 e. The van der Waals surface area contributed by atoms with Gasteiger partial charge in [0.2, 0.25) is 0 Å². The Morgan fingerprint density at radius 3 is 2.81 bits per heavy atom. The maximum Gasteiger partial charge on any atom is 0.257 e. The van der Waals surface area contributed by atoms with Crippen molar-refractivity contribution in [3.8, 4) is 0 Å². The predicted octanol–water partition coefficient (Wildman–Crippen LogP) is 5.23. The van der Waals surface area contributed by atoms with E-state index in [9.17, 15) is 4.79 Å². The van der Waals surface area contributed by atoms with E-state index in [4.69, 9.17) is 11.6 Å². The number of benzene rings is 2. The number of carbonyl (C=O) groups is 1. The van der Waals surface area contributed by atoms with Gasteiger partial charge in [0.25, 0.3) is 5.91 Å². The van der Waals surface area contributed by atoms with Gasteiger partial charge in [-0.3, -0.25) is 4.79 Å². The van der Waals surface area contributed by atoms with Gasteiger partial charge in [0.05, 0.1) is 10.6 Å². The normalized spacial score (nSPS) is 13.6. The van der Waals surface area contributed by atoms with Gasteiger partial charge in [-0.2, -0.15) is 0 Å². The number of anilines is 1. The van der Waals surface area contributed by atoms with Crippen LogP contribution in [0.4, 0.5) is 5.69 Å². The number of hydrogen-bond acceptors (Lipinski definition) is 1. The van der Waals surface area contributed by atoms with Gasteiger partial charge in [-0.25, -0.2) is 0 Å². The minimum absolute atomic E-state index is 0.166. The minimum atomic E-state index is -0.166. The third-order valence-electron chi connectivity index (χ3n) is 3.82.